The van der Waals surface area contributed by atoms with Crippen molar-refractivity contribution in [3.05, 3.63) is 53.6 Å². The van der Waals surface area contributed by atoms with Crippen molar-refractivity contribution < 1.29 is 19.0 Å². The third kappa shape index (κ3) is 4.14. The maximum atomic E-state index is 12.7. The minimum atomic E-state index is -0.0697. The summed E-state index contributed by atoms with van der Waals surface area (Å²) in [5.74, 6) is 1.93. The first-order chi connectivity index (χ1) is 13.2. The Morgan fingerprint density at radius 2 is 1.89 bits per heavy atom. The van der Waals surface area contributed by atoms with Gasteiger partial charge in [0.05, 0.1) is 31.9 Å². The SMILES string of the molecule is COc1ccc(C2CCCN2C(=O)COc2ccc(C#N)cc2)c(OC)c1. The predicted molar refractivity (Wildman–Crippen MR) is 99.9 cm³/mol. The van der Waals surface area contributed by atoms with Gasteiger partial charge in [-0.2, -0.15) is 5.26 Å². The van der Waals surface area contributed by atoms with E-state index in [-0.39, 0.29) is 18.6 Å². The van der Waals surface area contributed by atoms with Crippen LogP contribution in [-0.4, -0.2) is 38.2 Å². The van der Waals surface area contributed by atoms with E-state index in [9.17, 15) is 4.79 Å². The van der Waals surface area contributed by atoms with Crippen LogP contribution < -0.4 is 14.2 Å². The number of amides is 1. The first kappa shape index (κ1) is 18.6. The normalized spacial score (nSPS) is 15.9. The van der Waals surface area contributed by atoms with Gasteiger partial charge in [-0.3, -0.25) is 4.79 Å². The van der Waals surface area contributed by atoms with Crippen LogP contribution in [0.15, 0.2) is 42.5 Å². The summed E-state index contributed by atoms with van der Waals surface area (Å²) in [6, 6.07) is 14.4. The van der Waals surface area contributed by atoms with Crippen molar-refractivity contribution in [2.45, 2.75) is 18.9 Å². The molecule has 1 saturated heterocycles. The van der Waals surface area contributed by atoms with Crippen LogP contribution in [0.25, 0.3) is 0 Å². The van der Waals surface area contributed by atoms with Crippen LogP contribution in [0.4, 0.5) is 0 Å². The number of carbonyl (C=O) groups excluding carboxylic acids is 1. The molecule has 27 heavy (non-hydrogen) atoms. The summed E-state index contributed by atoms with van der Waals surface area (Å²) in [6.07, 6.45) is 1.81. The van der Waals surface area contributed by atoms with Gasteiger partial charge in [0.25, 0.3) is 5.91 Å². The lowest BCUT2D eigenvalue weighted by molar-refractivity contribution is -0.134. The monoisotopic (exact) mass is 366 g/mol. The number of methoxy groups -OCH3 is 2. The number of ether oxygens (including phenoxy) is 3. The fourth-order valence-electron chi connectivity index (χ4n) is 3.34. The maximum Gasteiger partial charge on any atom is 0.261 e. The van der Waals surface area contributed by atoms with Crippen LogP contribution in [0.2, 0.25) is 0 Å². The number of benzene rings is 2. The van der Waals surface area contributed by atoms with Gasteiger partial charge < -0.3 is 19.1 Å². The van der Waals surface area contributed by atoms with Gasteiger partial charge in [-0.25, -0.2) is 0 Å². The van der Waals surface area contributed by atoms with Crippen molar-refractivity contribution >= 4 is 5.91 Å². The van der Waals surface area contributed by atoms with E-state index in [4.69, 9.17) is 19.5 Å². The molecule has 6 nitrogen and oxygen atoms in total. The molecule has 1 aliphatic heterocycles. The molecule has 0 radical (unpaired) electrons. The first-order valence-corrected chi connectivity index (χ1v) is 8.80. The molecule has 3 rings (SSSR count). The third-order valence-electron chi connectivity index (χ3n) is 4.72. The molecule has 0 N–H and O–H groups in total. The minimum Gasteiger partial charge on any atom is -0.497 e. The summed E-state index contributed by atoms with van der Waals surface area (Å²) in [6.45, 7) is 0.649. The van der Waals surface area contributed by atoms with E-state index >= 15 is 0 Å². The highest BCUT2D eigenvalue weighted by Gasteiger charge is 2.32. The van der Waals surface area contributed by atoms with Crippen LogP contribution in [0.3, 0.4) is 0 Å². The Bertz CT molecular complexity index is 842. The molecule has 0 saturated carbocycles. The first-order valence-electron chi connectivity index (χ1n) is 8.80. The van der Waals surface area contributed by atoms with E-state index in [2.05, 4.69) is 6.07 Å². The van der Waals surface area contributed by atoms with Crippen molar-refractivity contribution in [1.29, 1.82) is 5.26 Å². The number of likely N-dealkylation sites (tertiary alicyclic amines) is 1. The second-order valence-corrected chi connectivity index (χ2v) is 6.28. The molecule has 1 atom stereocenters. The molecule has 1 aliphatic rings. The Morgan fingerprint density at radius 3 is 2.56 bits per heavy atom. The van der Waals surface area contributed by atoms with Gasteiger partial charge in [-0.15, -0.1) is 0 Å². The Balaban J connectivity index is 1.70. The topological polar surface area (TPSA) is 71.8 Å². The van der Waals surface area contributed by atoms with E-state index in [1.165, 1.54) is 0 Å². The summed E-state index contributed by atoms with van der Waals surface area (Å²) >= 11 is 0. The van der Waals surface area contributed by atoms with Gasteiger partial charge in [-0.1, -0.05) is 0 Å². The van der Waals surface area contributed by atoms with Gasteiger partial charge in [0.1, 0.15) is 17.2 Å². The predicted octanol–water partition coefficient (Wildman–Crippen LogP) is 3.32. The molecule has 6 heteroatoms. The number of carbonyl (C=O) groups is 1. The van der Waals surface area contributed by atoms with Gasteiger partial charge in [0.2, 0.25) is 0 Å². The second-order valence-electron chi connectivity index (χ2n) is 6.28. The van der Waals surface area contributed by atoms with E-state index in [0.717, 1.165) is 24.2 Å². The molecule has 0 aromatic heterocycles. The molecule has 0 aliphatic carbocycles. The minimum absolute atomic E-state index is 0.0390. The highest BCUT2D eigenvalue weighted by Crippen LogP contribution is 2.38. The van der Waals surface area contributed by atoms with E-state index in [0.29, 0.717) is 23.6 Å². The molecule has 140 valence electrons. The lowest BCUT2D eigenvalue weighted by Crippen LogP contribution is -2.34. The van der Waals surface area contributed by atoms with Gasteiger partial charge in [-0.05, 0) is 49.2 Å². The van der Waals surface area contributed by atoms with Crippen LogP contribution in [0.1, 0.15) is 30.0 Å². The smallest absolute Gasteiger partial charge is 0.261 e. The average molecular weight is 366 g/mol. The van der Waals surface area contributed by atoms with Crippen molar-refractivity contribution in [3.8, 4) is 23.3 Å². The fourth-order valence-corrected chi connectivity index (χ4v) is 3.34. The van der Waals surface area contributed by atoms with Crippen LogP contribution in [0, 0.1) is 11.3 Å². The van der Waals surface area contributed by atoms with E-state index < -0.39 is 0 Å². The molecule has 1 fully saturated rings. The van der Waals surface area contributed by atoms with E-state index in [1.807, 2.05) is 23.1 Å². The maximum absolute atomic E-state index is 12.7. The van der Waals surface area contributed by atoms with Crippen molar-refractivity contribution in [3.63, 3.8) is 0 Å². The molecule has 1 heterocycles. The Labute approximate surface area is 158 Å². The zero-order valence-corrected chi connectivity index (χ0v) is 15.5. The Hall–Kier alpha value is -3.20. The van der Waals surface area contributed by atoms with Crippen LogP contribution in [-0.2, 0) is 4.79 Å². The number of rotatable bonds is 6. The molecule has 1 amide bonds. The average Bonchev–Trinajstić information content (AvgIpc) is 3.21. The summed E-state index contributed by atoms with van der Waals surface area (Å²) in [4.78, 5) is 14.6. The highest BCUT2D eigenvalue weighted by molar-refractivity contribution is 5.78. The number of hydrogen-bond acceptors (Lipinski definition) is 5. The van der Waals surface area contributed by atoms with Crippen LogP contribution in [0.5, 0.6) is 17.2 Å². The van der Waals surface area contributed by atoms with Gasteiger partial charge in [0, 0.05) is 18.2 Å². The highest BCUT2D eigenvalue weighted by atomic mass is 16.5. The van der Waals surface area contributed by atoms with Gasteiger partial charge >= 0.3 is 0 Å². The molecule has 2 aromatic carbocycles. The zero-order valence-electron chi connectivity index (χ0n) is 15.5. The number of nitriles is 1. The number of hydrogen-bond donors (Lipinski definition) is 0. The summed E-state index contributed by atoms with van der Waals surface area (Å²) in [7, 11) is 3.23. The summed E-state index contributed by atoms with van der Waals surface area (Å²) in [5.41, 5.74) is 1.53. The Morgan fingerprint density at radius 1 is 1.15 bits per heavy atom. The van der Waals surface area contributed by atoms with Crippen molar-refractivity contribution in [2.24, 2.45) is 0 Å². The van der Waals surface area contributed by atoms with Crippen LogP contribution >= 0.6 is 0 Å². The van der Waals surface area contributed by atoms with Crippen molar-refractivity contribution in [1.82, 2.24) is 4.90 Å². The fraction of sp³-hybridized carbons (Fsp3) is 0.333. The lowest BCUT2D eigenvalue weighted by Gasteiger charge is -2.26. The molecule has 1 unspecified atom stereocenters. The van der Waals surface area contributed by atoms with Gasteiger partial charge in [0.15, 0.2) is 6.61 Å². The standard InChI is InChI=1S/C21H22N2O4/c1-25-17-9-10-18(20(12-17)26-2)19-4-3-11-23(19)21(24)14-27-16-7-5-15(13-22)6-8-16/h5-10,12,19H,3-4,11,14H2,1-2H3. The third-order valence-corrected chi connectivity index (χ3v) is 4.72. The molecule has 2 aromatic rings. The molecule has 0 bridgehead atoms. The van der Waals surface area contributed by atoms with Crippen molar-refractivity contribution in [2.75, 3.05) is 27.4 Å². The number of nitrogens with zero attached hydrogens (tertiary/aromatic N) is 2. The largest absolute Gasteiger partial charge is 0.497 e. The summed E-state index contributed by atoms with van der Waals surface area (Å²) < 4.78 is 16.4. The Kier molecular flexibility index (Phi) is 5.82. The lowest BCUT2D eigenvalue weighted by atomic mass is 10.0. The molecule has 0 spiro atoms. The zero-order chi connectivity index (χ0) is 19.2. The second kappa shape index (κ2) is 8.45. The van der Waals surface area contributed by atoms with E-state index in [1.54, 1.807) is 38.5 Å². The summed E-state index contributed by atoms with van der Waals surface area (Å²) in [5, 5.41) is 8.83. The molecular formula is C21H22N2O4. The molecular weight excluding hydrogens is 344 g/mol. The quantitative estimate of drug-likeness (QED) is 0.784.